The van der Waals surface area contributed by atoms with Gasteiger partial charge in [0.1, 0.15) is 89.5 Å². The van der Waals surface area contributed by atoms with Crippen LogP contribution in [0.15, 0.2) is 78.9 Å². The number of carboxylic acids is 1. The molecule has 0 saturated carbocycles. The van der Waals surface area contributed by atoms with E-state index in [0.717, 1.165) is 66.7 Å². The maximum atomic E-state index is 16.0. The van der Waals surface area contributed by atoms with E-state index in [2.05, 4.69) is 37.2 Å². The molecule has 0 radical (unpaired) electrons. The summed E-state index contributed by atoms with van der Waals surface area (Å²) in [6.07, 6.45) is -18.6. The lowest BCUT2D eigenvalue weighted by Gasteiger charge is -2.47. The molecular formula is C66H75Cl2N9O24. The fourth-order valence-electron chi connectivity index (χ4n) is 12.5. The molecule has 0 aromatic heterocycles. The summed E-state index contributed by atoms with van der Waals surface area (Å²) in [5, 5.41) is 131. The topological polar surface area (TPSA) is 530 Å². The molecular weight excluding hydrogens is 1370 g/mol. The lowest BCUT2D eigenvalue weighted by molar-refractivity contribution is -0.333. The number of carboxylic acid groups (broad SMARTS) is 1. The summed E-state index contributed by atoms with van der Waals surface area (Å²) < 4.78 is 38.3. The minimum atomic E-state index is -2.35. The van der Waals surface area contributed by atoms with Crippen molar-refractivity contribution >= 4 is 70.5 Å². The van der Waals surface area contributed by atoms with E-state index < -0.39 is 237 Å². The number of benzene rings is 5. The van der Waals surface area contributed by atoms with Crippen LogP contribution < -0.4 is 62.9 Å². The second-order valence-electron chi connectivity index (χ2n) is 25.7. The van der Waals surface area contributed by atoms with E-state index in [1.54, 1.807) is 0 Å². The maximum absolute atomic E-state index is 16.0. The van der Waals surface area contributed by atoms with Crippen molar-refractivity contribution in [2.45, 2.75) is 156 Å². The number of carbonyl (C=O) groups excluding carboxylic acids is 7. The number of aliphatic hydroxyl groups is 6. The van der Waals surface area contributed by atoms with E-state index in [4.69, 9.17) is 63.1 Å². The molecule has 542 valence electrons. The highest BCUT2D eigenvalue weighted by Crippen LogP contribution is 2.50. The average Bonchev–Trinajstić information content (AvgIpc) is 0.775. The Balaban J connectivity index is 1.24. The highest BCUT2D eigenvalue weighted by Gasteiger charge is 2.51. The number of nitrogens with two attached hydrogens (primary N) is 2. The number of halogens is 2. The highest BCUT2D eigenvalue weighted by atomic mass is 35.5. The Hall–Kier alpha value is -9.20. The van der Waals surface area contributed by atoms with Gasteiger partial charge in [0.05, 0.1) is 41.3 Å². The number of ether oxygens (including phenoxy) is 6. The van der Waals surface area contributed by atoms with Gasteiger partial charge in [0.15, 0.2) is 29.9 Å². The summed E-state index contributed by atoms with van der Waals surface area (Å²) >= 11 is 14.1. The van der Waals surface area contributed by atoms with E-state index in [0.29, 0.717) is 0 Å². The Bertz CT molecular complexity index is 4070. The Labute approximate surface area is 584 Å². The molecule has 33 nitrogen and oxygen atoms in total. The third kappa shape index (κ3) is 15.8. The van der Waals surface area contributed by atoms with Crippen LogP contribution in [0.3, 0.4) is 0 Å². The SMILES string of the molecule is CN[C@H](CC(C)C)C(=O)N[C@H]1C(=O)N[C@@H](CC(N)=O)C(=O)N[C@H]2C(=O)N[C@H]3C(=O)N[C@H](C(=O)N[C@@H](C(=O)O)c4cc(O)cc(O)c4-c4cc3ccc4O)[C@H](O)c3ccc(c(Cl)c3)Oc3cc2cc(c3O[C@@H]2O[C@H](CO)[C@@H](O)[C@H](O)[C@H]2OC2C[C@](C)(N)[C@H](O)[C@H](C)O2)Oc2ccc(cc2Cl)[C@H]1O. The number of aliphatic carboxylic acids is 1. The fourth-order valence-corrected chi connectivity index (χ4v) is 12.9. The van der Waals surface area contributed by atoms with Crippen LogP contribution in [0, 0.1) is 5.92 Å². The van der Waals surface area contributed by atoms with E-state index in [1.807, 2.05) is 13.8 Å². The molecule has 21 N–H and O–H groups in total. The van der Waals surface area contributed by atoms with Crippen LogP contribution in [0.25, 0.3) is 11.1 Å². The van der Waals surface area contributed by atoms with Crippen LogP contribution in [0.5, 0.6) is 46.0 Å². The monoisotopic (exact) mass is 1450 g/mol. The van der Waals surface area contributed by atoms with Gasteiger partial charge in [-0.1, -0.05) is 55.2 Å². The van der Waals surface area contributed by atoms with Gasteiger partial charge in [-0.2, -0.15) is 0 Å². The van der Waals surface area contributed by atoms with Crippen LogP contribution >= 0.6 is 23.2 Å². The number of amides is 7. The Morgan fingerprint density at radius 1 is 0.713 bits per heavy atom. The standard InChI is InChI=1S/C66H75Cl2N9O24/c1-23(2)12-34(71-5)58(88)76-49-51(83)26-7-10-38(32(67)14-26)97-40-16-28-17-41(55(40)101-65-56(54(86)53(85)42(22-78)99-65)100-44-21-66(4,70)57(87)24(3)96-44)98-39-11-8-27(15-33(39)68)52(84)50-63(93)75-48(64(94)95)31-18-29(79)19-37(81)45(31)30-13-25(6-9-36(30)80)46(60(90)77-50)74-61(91)47(28)73-59(89)35(20-43(69)82)72-62(49)92/h6-11,13-19,23-24,34-35,42,44,46-54,56-57,65,71,78-81,83-87H,12,20-22,70H2,1-5H3,(H2,69,82)(H,72,92)(H,73,89)(H,74,91)(H,75,93)(H,76,88)(H,77,90)(H,94,95)/t24-,34+,35-,42+,44?,46+,47+,48+,49+,50-,51+,52+,53+,54-,56+,57+,65-,66-/m0/s1. The van der Waals surface area contributed by atoms with Gasteiger partial charge in [-0.15, -0.1) is 0 Å². The first-order chi connectivity index (χ1) is 47.7. The lowest BCUT2D eigenvalue weighted by atomic mass is 9.86. The molecule has 1 unspecified atom stereocenters. The van der Waals surface area contributed by atoms with Gasteiger partial charge < -0.3 is 128 Å². The molecule has 0 aliphatic carbocycles. The van der Waals surface area contributed by atoms with Gasteiger partial charge in [-0.05, 0) is 110 Å². The number of rotatable bonds is 13. The second-order valence-corrected chi connectivity index (χ2v) is 26.5. The number of primary amides is 1. The number of aromatic hydroxyl groups is 3. The number of hydrogen-bond donors (Lipinski definition) is 19. The summed E-state index contributed by atoms with van der Waals surface area (Å²) in [6.45, 7) is 5.66. The first-order valence-corrected chi connectivity index (χ1v) is 32.4. The molecule has 0 spiro atoms. The largest absolute Gasteiger partial charge is 0.508 e. The van der Waals surface area contributed by atoms with E-state index in [9.17, 15) is 75.0 Å². The van der Waals surface area contributed by atoms with Crippen LogP contribution in [0.2, 0.25) is 10.0 Å². The summed E-state index contributed by atoms with van der Waals surface area (Å²) in [4.78, 5) is 117. The first-order valence-electron chi connectivity index (χ1n) is 31.6. The molecule has 5 aromatic rings. The molecule has 7 heterocycles. The first kappa shape index (κ1) is 74.5. The predicted octanol–water partition coefficient (Wildman–Crippen LogP) is 0.106. The summed E-state index contributed by atoms with van der Waals surface area (Å²) in [5.41, 5.74) is 8.00. The molecule has 2 fully saturated rings. The Morgan fingerprint density at radius 2 is 1.32 bits per heavy atom. The van der Waals surface area contributed by atoms with E-state index in [-0.39, 0.29) is 46.2 Å². The number of phenols is 3. The molecule has 35 heteroatoms. The van der Waals surface area contributed by atoms with Crippen molar-refractivity contribution in [1.82, 2.24) is 37.2 Å². The number of aliphatic hydroxyl groups excluding tert-OH is 6. The quantitative estimate of drug-likeness (QED) is 0.0743. The second kappa shape index (κ2) is 30.2. The lowest BCUT2D eigenvalue weighted by Crippen LogP contribution is -2.64. The summed E-state index contributed by atoms with van der Waals surface area (Å²) in [6, 6.07) is -0.679. The molecule has 7 aliphatic rings. The van der Waals surface area contributed by atoms with Crippen LogP contribution in [-0.2, 0) is 52.6 Å². The van der Waals surface area contributed by atoms with Crippen molar-refractivity contribution in [2.24, 2.45) is 17.4 Å². The number of hydrogen-bond acceptors (Lipinski definition) is 25. The zero-order valence-corrected chi connectivity index (χ0v) is 55.8. The van der Waals surface area contributed by atoms with Crippen molar-refractivity contribution in [3.63, 3.8) is 0 Å². The van der Waals surface area contributed by atoms with Crippen molar-refractivity contribution in [3.8, 4) is 57.1 Å². The molecule has 11 bridgehead atoms. The van der Waals surface area contributed by atoms with Crippen LogP contribution in [-0.4, -0.2) is 191 Å². The molecule has 7 aliphatic heterocycles. The van der Waals surface area contributed by atoms with Gasteiger partial charge in [-0.25, -0.2) is 4.79 Å². The Morgan fingerprint density at radius 3 is 1.90 bits per heavy atom. The molecule has 5 aromatic carbocycles. The highest BCUT2D eigenvalue weighted by molar-refractivity contribution is 6.32. The van der Waals surface area contributed by atoms with Crippen molar-refractivity contribution in [2.75, 3.05) is 13.7 Å². The van der Waals surface area contributed by atoms with Crippen molar-refractivity contribution < 1.29 is 118 Å². The summed E-state index contributed by atoms with van der Waals surface area (Å²) in [7, 11) is 1.47. The zero-order valence-electron chi connectivity index (χ0n) is 54.3. The minimum Gasteiger partial charge on any atom is -0.508 e. The van der Waals surface area contributed by atoms with Gasteiger partial charge in [0, 0.05) is 34.7 Å². The average molecular weight is 1450 g/mol. The molecule has 18 atom stereocenters. The molecule has 2 saturated heterocycles. The van der Waals surface area contributed by atoms with Gasteiger partial charge in [-0.3, -0.25) is 33.6 Å². The molecule has 12 rings (SSSR count). The fraction of sp³-hybridized carbons (Fsp3) is 0.424. The van der Waals surface area contributed by atoms with Crippen LogP contribution in [0.4, 0.5) is 0 Å². The van der Waals surface area contributed by atoms with Crippen molar-refractivity contribution in [1.29, 1.82) is 0 Å². The smallest absolute Gasteiger partial charge is 0.330 e. The van der Waals surface area contributed by atoms with Crippen molar-refractivity contribution in [3.05, 3.63) is 117 Å². The number of fused-ring (bicyclic) bond motifs is 15. The van der Waals surface area contributed by atoms with Gasteiger partial charge in [0.25, 0.3) is 0 Å². The normalized spacial score (nSPS) is 29.4. The molecule has 7 amide bonds. The predicted molar refractivity (Wildman–Crippen MR) is 349 cm³/mol. The van der Waals surface area contributed by atoms with Gasteiger partial charge >= 0.3 is 5.97 Å². The number of carbonyl (C=O) groups is 8. The minimum absolute atomic E-state index is 0.0975. The third-order valence-electron chi connectivity index (χ3n) is 17.8. The van der Waals surface area contributed by atoms with E-state index in [1.165, 1.54) is 33.0 Å². The molecule has 101 heavy (non-hydrogen) atoms. The third-order valence-corrected chi connectivity index (χ3v) is 18.4. The number of likely N-dealkylation sites (N-methyl/N-ethyl adjacent to an activating group) is 1. The van der Waals surface area contributed by atoms with E-state index >= 15 is 14.4 Å². The summed E-state index contributed by atoms with van der Waals surface area (Å²) in [5.74, 6) is -16.0. The maximum Gasteiger partial charge on any atom is 0.330 e. The number of nitrogens with one attached hydrogen (secondary N) is 7. The number of phenolic OH excluding ortho intramolecular Hbond substituents is 3. The Kier molecular flexibility index (Phi) is 22.2. The van der Waals surface area contributed by atoms with Crippen LogP contribution in [0.1, 0.15) is 105 Å². The zero-order chi connectivity index (χ0) is 73.5. The van der Waals surface area contributed by atoms with Gasteiger partial charge in [0.2, 0.25) is 53.4 Å².